The highest BCUT2D eigenvalue weighted by atomic mass is 16.5. The first-order valence-electron chi connectivity index (χ1n) is 12.9. The first-order chi connectivity index (χ1) is 18.5. The normalized spacial score (nSPS) is 18.8. The standard InChI is InChI=1S/C28H32N8O2/c1-4-38-22-10-23(27(32-13-22)26-17(2)33-34-28(26)29)19-6-7-24(30-12-19)35-15-20-9-21(16-35)36(20)14-18-5-8-25(37-3)31-11-18/h5-8,10-13,20-21H,4,9,14-16H2,1-3H3,(H3,29,33,34). The summed E-state index contributed by atoms with van der Waals surface area (Å²) in [6, 6.07) is 11.3. The molecule has 2 unspecified atom stereocenters. The Balaban J connectivity index is 1.20. The Bertz CT molecular complexity index is 1390. The molecule has 10 heteroatoms. The molecule has 0 saturated carbocycles. The van der Waals surface area contributed by atoms with Gasteiger partial charge < -0.3 is 20.1 Å². The molecular weight excluding hydrogens is 480 g/mol. The Morgan fingerprint density at radius 2 is 1.89 bits per heavy atom. The van der Waals surface area contributed by atoms with Gasteiger partial charge in [-0.1, -0.05) is 6.07 Å². The van der Waals surface area contributed by atoms with Crippen LogP contribution in [0.3, 0.4) is 0 Å². The van der Waals surface area contributed by atoms with Crippen molar-refractivity contribution in [3.63, 3.8) is 0 Å². The molecule has 7 rings (SSSR count). The van der Waals surface area contributed by atoms with Crippen molar-refractivity contribution in [1.82, 2.24) is 30.0 Å². The number of nitrogens with one attached hydrogen (secondary N) is 1. The third-order valence-corrected chi connectivity index (χ3v) is 7.48. The van der Waals surface area contributed by atoms with E-state index in [-0.39, 0.29) is 0 Å². The molecule has 0 aliphatic carbocycles. The monoisotopic (exact) mass is 512 g/mol. The zero-order valence-electron chi connectivity index (χ0n) is 21.9. The summed E-state index contributed by atoms with van der Waals surface area (Å²) in [6.45, 7) is 7.30. The first-order valence-corrected chi connectivity index (χ1v) is 12.9. The van der Waals surface area contributed by atoms with Gasteiger partial charge in [0.25, 0.3) is 0 Å². The van der Waals surface area contributed by atoms with Crippen LogP contribution in [0.1, 0.15) is 24.6 Å². The molecule has 3 aliphatic heterocycles. The Morgan fingerprint density at radius 1 is 1.05 bits per heavy atom. The Labute approximate surface area is 221 Å². The molecule has 3 saturated heterocycles. The lowest BCUT2D eigenvalue weighted by molar-refractivity contribution is -0.00876. The van der Waals surface area contributed by atoms with Gasteiger partial charge in [0, 0.05) is 67.0 Å². The maximum atomic E-state index is 6.18. The number of methoxy groups -OCH3 is 1. The van der Waals surface area contributed by atoms with Gasteiger partial charge in [0.15, 0.2) is 5.82 Å². The second kappa shape index (κ2) is 9.94. The summed E-state index contributed by atoms with van der Waals surface area (Å²) in [5.74, 6) is 2.77. The number of aromatic nitrogens is 5. The minimum atomic E-state index is 0.424. The number of H-pyrrole nitrogens is 1. The molecule has 10 nitrogen and oxygen atoms in total. The summed E-state index contributed by atoms with van der Waals surface area (Å²) in [6.07, 6.45) is 6.78. The number of nitrogen functional groups attached to an aromatic ring is 1. The molecular formula is C28H32N8O2. The van der Waals surface area contributed by atoms with Crippen LogP contribution in [0.4, 0.5) is 11.6 Å². The van der Waals surface area contributed by atoms with E-state index in [2.05, 4.69) is 43.2 Å². The van der Waals surface area contributed by atoms with E-state index in [4.69, 9.17) is 25.2 Å². The van der Waals surface area contributed by atoms with Crippen molar-refractivity contribution in [3.05, 3.63) is 60.2 Å². The van der Waals surface area contributed by atoms with Crippen LogP contribution in [0.2, 0.25) is 0 Å². The van der Waals surface area contributed by atoms with Crippen LogP contribution in [-0.2, 0) is 6.54 Å². The summed E-state index contributed by atoms with van der Waals surface area (Å²) in [7, 11) is 1.64. The van der Waals surface area contributed by atoms with Gasteiger partial charge in [-0.15, -0.1) is 0 Å². The second-order valence-electron chi connectivity index (χ2n) is 9.84. The Morgan fingerprint density at radius 3 is 2.53 bits per heavy atom. The number of piperazine rings is 1. The zero-order valence-corrected chi connectivity index (χ0v) is 21.9. The van der Waals surface area contributed by atoms with Crippen LogP contribution in [0.15, 0.2) is 48.9 Å². The van der Waals surface area contributed by atoms with Gasteiger partial charge in [-0.3, -0.25) is 15.0 Å². The van der Waals surface area contributed by atoms with Gasteiger partial charge >= 0.3 is 0 Å². The predicted molar refractivity (Wildman–Crippen MR) is 146 cm³/mol. The van der Waals surface area contributed by atoms with E-state index < -0.39 is 0 Å². The smallest absolute Gasteiger partial charge is 0.212 e. The zero-order chi connectivity index (χ0) is 26.2. The van der Waals surface area contributed by atoms with Gasteiger partial charge in [0.1, 0.15) is 11.6 Å². The number of nitrogens with zero attached hydrogens (tertiary/aromatic N) is 6. The number of aromatic amines is 1. The van der Waals surface area contributed by atoms with Crippen molar-refractivity contribution < 1.29 is 9.47 Å². The molecule has 2 bridgehead atoms. The second-order valence-corrected chi connectivity index (χ2v) is 9.84. The molecule has 0 aromatic carbocycles. The van der Waals surface area contributed by atoms with Crippen molar-refractivity contribution in [1.29, 1.82) is 0 Å². The van der Waals surface area contributed by atoms with E-state index >= 15 is 0 Å². The molecule has 4 aromatic heterocycles. The maximum Gasteiger partial charge on any atom is 0.212 e. The van der Waals surface area contributed by atoms with Crippen molar-refractivity contribution >= 4 is 11.6 Å². The lowest BCUT2D eigenvalue weighted by atomic mass is 9.87. The molecule has 0 amide bonds. The molecule has 3 fully saturated rings. The van der Waals surface area contributed by atoms with E-state index in [1.807, 2.05) is 38.4 Å². The van der Waals surface area contributed by atoms with Crippen molar-refractivity contribution in [2.75, 3.05) is 37.4 Å². The predicted octanol–water partition coefficient (Wildman–Crippen LogP) is 3.69. The highest BCUT2D eigenvalue weighted by molar-refractivity contribution is 5.86. The summed E-state index contributed by atoms with van der Waals surface area (Å²) in [5.41, 5.74) is 11.7. The molecule has 3 N–H and O–H groups in total. The summed E-state index contributed by atoms with van der Waals surface area (Å²) in [5, 5.41) is 7.12. The first kappa shape index (κ1) is 24.2. The Kier molecular flexibility index (Phi) is 6.32. The number of fused-ring (bicyclic) bond motifs is 2. The number of ether oxygens (including phenoxy) is 2. The highest BCUT2D eigenvalue weighted by Crippen LogP contribution is 2.38. The number of nitrogens with two attached hydrogens (primary N) is 1. The van der Waals surface area contributed by atoms with Crippen LogP contribution in [0.5, 0.6) is 11.6 Å². The molecule has 0 radical (unpaired) electrons. The summed E-state index contributed by atoms with van der Waals surface area (Å²) < 4.78 is 10.9. The number of hydrogen-bond acceptors (Lipinski definition) is 9. The van der Waals surface area contributed by atoms with Gasteiger partial charge in [0.05, 0.1) is 31.2 Å². The third kappa shape index (κ3) is 4.41. The molecule has 7 heterocycles. The van der Waals surface area contributed by atoms with Gasteiger partial charge in [-0.05, 0) is 44.0 Å². The number of rotatable bonds is 8. The lowest BCUT2D eigenvalue weighted by Gasteiger charge is -2.56. The van der Waals surface area contributed by atoms with E-state index in [9.17, 15) is 0 Å². The minimum Gasteiger partial charge on any atom is -0.492 e. The van der Waals surface area contributed by atoms with Crippen LogP contribution in [-0.4, -0.2) is 68.9 Å². The van der Waals surface area contributed by atoms with Crippen LogP contribution < -0.4 is 20.1 Å². The number of hydrogen-bond donors (Lipinski definition) is 2. The average Bonchev–Trinajstić information content (AvgIpc) is 3.29. The fraction of sp³-hybridized carbons (Fsp3) is 0.357. The number of pyridine rings is 3. The number of anilines is 2. The fourth-order valence-electron chi connectivity index (χ4n) is 5.56. The van der Waals surface area contributed by atoms with E-state index in [0.29, 0.717) is 36.1 Å². The highest BCUT2D eigenvalue weighted by Gasteiger charge is 2.44. The molecule has 38 heavy (non-hydrogen) atoms. The van der Waals surface area contributed by atoms with Crippen LogP contribution in [0, 0.1) is 6.92 Å². The van der Waals surface area contributed by atoms with Crippen molar-refractivity contribution in [2.24, 2.45) is 0 Å². The maximum absolute atomic E-state index is 6.18. The molecule has 196 valence electrons. The minimum absolute atomic E-state index is 0.424. The average molecular weight is 513 g/mol. The number of piperidine rings is 1. The topological polar surface area (TPSA) is 118 Å². The van der Waals surface area contributed by atoms with Gasteiger partial charge in [0.2, 0.25) is 5.88 Å². The SMILES string of the molecule is CCOc1cnc(-c2c(N)n[nH]c2C)c(-c2ccc(N3CC4CC(C3)N4Cc3ccc(OC)nc3)nc2)c1. The molecule has 2 atom stereocenters. The number of aryl methyl sites for hydroxylation is 1. The Hall–Kier alpha value is -4.18. The summed E-state index contributed by atoms with van der Waals surface area (Å²) >= 11 is 0. The van der Waals surface area contributed by atoms with Crippen LogP contribution in [0.25, 0.3) is 22.4 Å². The molecule has 3 aliphatic rings. The molecule has 0 spiro atoms. The fourth-order valence-corrected chi connectivity index (χ4v) is 5.56. The summed E-state index contributed by atoms with van der Waals surface area (Å²) in [4.78, 5) is 18.9. The largest absolute Gasteiger partial charge is 0.492 e. The van der Waals surface area contributed by atoms with E-state index in [1.165, 1.54) is 12.0 Å². The van der Waals surface area contributed by atoms with Crippen LogP contribution >= 0.6 is 0 Å². The lowest BCUT2D eigenvalue weighted by Crippen LogP contribution is -2.68. The van der Waals surface area contributed by atoms with Crippen molar-refractivity contribution in [2.45, 2.75) is 38.9 Å². The van der Waals surface area contributed by atoms with Gasteiger partial charge in [-0.2, -0.15) is 5.10 Å². The third-order valence-electron chi connectivity index (χ3n) is 7.48. The molecule has 4 aromatic rings. The van der Waals surface area contributed by atoms with Crippen molar-refractivity contribution in [3.8, 4) is 34.0 Å². The van der Waals surface area contributed by atoms with E-state index in [0.717, 1.165) is 53.5 Å². The van der Waals surface area contributed by atoms with Gasteiger partial charge in [-0.25, -0.2) is 9.97 Å². The quantitative estimate of drug-likeness (QED) is 0.364. The van der Waals surface area contributed by atoms with E-state index in [1.54, 1.807) is 13.3 Å².